The molecule has 4 atom stereocenters. The third-order valence-corrected chi connectivity index (χ3v) is 5.75. The van der Waals surface area contributed by atoms with E-state index < -0.39 is 47.9 Å². The van der Waals surface area contributed by atoms with Crippen molar-refractivity contribution in [2.24, 2.45) is 11.5 Å². The SMILES string of the molecule is CSCCC(N)C(=O)NC(C)C(=O)NC(CCCCN)C(=O)N1CCCC1C(=O)O. The van der Waals surface area contributed by atoms with Crippen LogP contribution in [0, 0.1) is 0 Å². The summed E-state index contributed by atoms with van der Waals surface area (Å²) in [6, 6.07) is -3.33. The molecule has 0 radical (unpaired) electrons. The maximum Gasteiger partial charge on any atom is 0.326 e. The molecule has 4 unspecified atom stereocenters. The summed E-state index contributed by atoms with van der Waals surface area (Å²) in [7, 11) is 0. The van der Waals surface area contributed by atoms with Crippen molar-refractivity contribution < 1.29 is 24.3 Å². The monoisotopic (exact) mass is 445 g/mol. The minimum Gasteiger partial charge on any atom is -0.480 e. The van der Waals surface area contributed by atoms with Crippen LogP contribution < -0.4 is 22.1 Å². The quantitative estimate of drug-likeness (QED) is 0.231. The molecule has 1 saturated heterocycles. The zero-order valence-electron chi connectivity index (χ0n) is 17.8. The summed E-state index contributed by atoms with van der Waals surface area (Å²) < 4.78 is 0. The topological polar surface area (TPSA) is 168 Å². The molecule has 1 fully saturated rings. The lowest BCUT2D eigenvalue weighted by molar-refractivity contribution is -0.149. The number of hydrogen-bond acceptors (Lipinski definition) is 7. The van der Waals surface area contributed by atoms with Crippen LogP contribution >= 0.6 is 11.8 Å². The third kappa shape index (κ3) is 8.11. The Kier molecular flexibility index (Phi) is 11.7. The number of nitrogens with zero attached hydrogens (tertiary/aromatic N) is 1. The average Bonchev–Trinajstić information content (AvgIpc) is 3.20. The Morgan fingerprint density at radius 2 is 1.87 bits per heavy atom. The number of likely N-dealkylation sites (tertiary alicyclic amines) is 1. The highest BCUT2D eigenvalue weighted by Gasteiger charge is 2.37. The molecule has 1 heterocycles. The molecule has 10 nitrogen and oxygen atoms in total. The second-order valence-electron chi connectivity index (χ2n) is 7.49. The van der Waals surface area contributed by atoms with Gasteiger partial charge in [0.2, 0.25) is 17.7 Å². The van der Waals surface area contributed by atoms with E-state index in [4.69, 9.17) is 11.5 Å². The Morgan fingerprint density at radius 1 is 1.17 bits per heavy atom. The molecule has 0 aliphatic carbocycles. The van der Waals surface area contributed by atoms with Gasteiger partial charge in [0.15, 0.2) is 0 Å². The molecule has 0 bridgehead atoms. The van der Waals surface area contributed by atoms with E-state index in [1.54, 1.807) is 11.8 Å². The van der Waals surface area contributed by atoms with Crippen LogP contribution in [0.25, 0.3) is 0 Å². The predicted octanol–water partition coefficient (Wildman–Crippen LogP) is -0.739. The van der Waals surface area contributed by atoms with Gasteiger partial charge >= 0.3 is 5.97 Å². The van der Waals surface area contributed by atoms with Gasteiger partial charge < -0.3 is 32.1 Å². The Hall–Kier alpha value is -1.85. The van der Waals surface area contributed by atoms with Gasteiger partial charge in [-0.1, -0.05) is 0 Å². The lowest BCUT2D eigenvalue weighted by atomic mass is 10.1. The van der Waals surface area contributed by atoms with Crippen molar-refractivity contribution in [2.75, 3.05) is 25.1 Å². The maximum absolute atomic E-state index is 13.0. The van der Waals surface area contributed by atoms with Gasteiger partial charge in [0.05, 0.1) is 6.04 Å². The Bertz CT molecular complexity index is 606. The van der Waals surface area contributed by atoms with Crippen molar-refractivity contribution >= 4 is 35.5 Å². The summed E-state index contributed by atoms with van der Waals surface area (Å²) in [6.07, 6.45) is 5.04. The van der Waals surface area contributed by atoms with E-state index in [1.807, 2.05) is 6.26 Å². The van der Waals surface area contributed by atoms with Crippen LogP contribution in [0.15, 0.2) is 0 Å². The fraction of sp³-hybridized carbons (Fsp3) is 0.789. The molecule has 1 aliphatic heterocycles. The van der Waals surface area contributed by atoms with Crippen molar-refractivity contribution in [3.63, 3.8) is 0 Å². The summed E-state index contributed by atoms with van der Waals surface area (Å²) in [6.45, 7) is 2.32. The van der Waals surface area contributed by atoms with Gasteiger partial charge in [-0.3, -0.25) is 14.4 Å². The lowest BCUT2D eigenvalue weighted by Crippen LogP contribution is -2.56. The van der Waals surface area contributed by atoms with Crippen LogP contribution in [-0.4, -0.2) is 83.0 Å². The number of carbonyl (C=O) groups excluding carboxylic acids is 3. The Morgan fingerprint density at radius 3 is 2.47 bits per heavy atom. The number of carbonyl (C=O) groups is 4. The first kappa shape index (κ1) is 26.2. The highest BCUT2D eigenvalue weighted by atomic mass is 32.2. The number of aliphatic carboxylic acids is 1. The van der Waals surface area contributed by atoms with Crippen molar-refractivity contribution in [3.8, 4) is 0 Å². The standard InChI is InChI=1S/C19H35N5O5S/c1-12(22-17(26)13(21)8-11-30-2)16(25)23-14(6-3-4-9-20)18(27)24-10-5-7-15(24)19(28)29/h12-15H,3-11,20-21H2,1-2H3,(H,22,26)(H,23,25)(H,28,29). The highest BCUT2D eigenvalue weighted by molar-refractivity contribution is 7.98. The second-order valence-corrected chi connectivity index (χ2v) is 8.48. The number of unbranched alkanes of at least 4 members (excludes halogenated alkanes) is 1. The average molecular weight is 446 g/mol. The van der Waals surface area contributed by atoms with E-state index in [1.165, 1.54) is 11.8 Å². The number of nitrogens with one attached hydrogen (secondary N) is 2. The molecule has 0 aromatic carbocycles. The van der Waals surface area contributed by atoms with E-state index in [0.717, 1.165) is 5.75 Å². The number of rotatable bonds is 13. The Balaban J connectivity index is 2.75. The van der Waals surface area contributed by atoms with Gasteiger partial charge in [0, 0.05) is 6.54 Å². The van der Waals surface area contributed by atoms with Crippen LogP contribution in [-0.2, 0) is 19.2 Å². The molecule has 0 aromatic heterocycles. The fourth-order valence-electron chi connectivity index (χ4n) is 3.30. The minimum absolute atomic E-state index is 0.343. The van der Waals surface area contributed by atoms with Crippen LogP contribution in [0.4, 0.5) is 0 Å². The minimum atomic E-state index is -1.05. The van der Waals surface area contributed by atoms with Crippen molar-refractivity contribution in [2.45, 2.75) is 69.6 Å². The predicted molar refractivity (Wildman–Crippen MR) is 116 cm³/mol. The fourth-order valence-corrected chi connectivity index (χ4v) is 3.79. The Labute approximate surface area is 181 Å². The largest absolute Gasteiger partial charge is 0.480 e. The summed E-state index contributed by atoms with van der Waals surface area (Å²) in [5.41, 5.74) is 11.3. The molecular weight excluding hydrogens is 410 g/mol. The van der Waals surface area contributed by atoms with E-state index in [0.29, 0.717) is 51.6 Å². The molecule has 0 saturated carbocycles. The summed E-state index contributed by atoms with van der Waals surface area (Å²) in [5, 5.41) is 14.6. The summed E-state index contributed by atoms with van der Waals surface area (Å²) in [4.78, 5) is 50.5. The van der Waals surface area contributed by atoms with E-state index in [2.05, 4.69) is 10.6 Å². The third-order valence-electron chi connectivity index (χ3n) is 5.10. The molecule has 30 heavy (non-hydrogen) atoms. The van der Waals surface area contributed by atoms with Crippen molar-refractivity contribution in [3.05, 3.63) is 0 Å². The first-order valence-electron chi connectivity index (χ1n) is 10.3. The first-order valence-corrected chi connectivity index (χ1v) is 11.7. The summed E-state index contributed by atoms with van der Waals surface area (Å²) in [5.74, 6) is -1.68. The van der Waals surface area contributed by atoms with Crippen molar-refractivity contribution in [1.82, 2.24) is 15.5 Å². The van der Waals surface area contributed by atoms with E-state index in [9.17, 15) is 24.3 Å². The highest BCUT2D eigenvalue weighted by Crippen LogP contribution is 2.20. The zero-order valence-corrected chi connectivity index (χ0v) is 18.6. The maximum atomic E-state index is 13.0. The van der Waals surface area contributed by atoms with Crippen molar-refractivity contribution in [1.29, 1.82) is 0 Å². The molecular formula is C19H35N5O5S. The van der Waals surface area contributed by atoms with Gasteiger partial charge in [-0.15, -0.1) is 0 Å². The number of nitrogens with two attached hydrogens (primary N) is 2. The van der Waals surface area contributed by atoms with Crippen LogP contribution in [0.3, 0.4) is 0 Å². The molecule has 172 valence electrons. The molecule has 3 amide bonds. The number of carboxylic acids is 1. The molecule has 7 N–H and O–H groups in total. The number of hydrogen-bond donors (Lipinski definition) is 5. The van der Waals surface area contributed by atoms with Gasteiger partial charge in [0.1, 0.15) is 18.1 Å². The van der Waals surface area contributed by atoms with E-state index >= 15 is 0 Å². The van der Waals surface area contributed by atoms with Gasteiger partial charge in [-0.25, -0.2) is 4.79 Å². The van der Waals surface area contributed by atoms with E-state index in [-0.39, 0.29) is 0 Å². The lowest BCUT2D eigenvalue weighted by Gasteiger charge is -2.28. The normalized spacial score (nSPS) is 19.1. The second kappa shape index (κ2) is 13.5. The molecule has 1 rings (SSSR count). The number of amides is 3. The number of carboxylic acid groups (broad SMARTS) is 1. The molecule has 1 aliphatic rings. The zero-order chi connectivity index (χ0) is 22.7. The van der Waals surface area contributed by atoms with Gasteiger partial charge in [-0.05, 0) is 64.0 Å². The van der Waals surface area contributed by atoms with Crippen LogP contribution in [0.2, 0.25) is 0 Å². The number of thioether (sulfide) groups is 1. The molecule has 0 aromatic rings. The first-order chi connectivity index (χ1) is 14.2. The molecule has 11 heteroatoms. The summed E-state index contributed by atoms with van der Waals surface area (Å²) >= 11 is 1.58. The van der Waals surface area contributed by atoms with Gasteiger partial charge in [0.25, 0.3) is 0 Å². The van der Waals surface area contributed by atoms with Crippen LogP contribution in [0.5, 0.6) is 0 Å². The van der Waals surface area contributed by atoms with Crippen LogP contribution in [0.1, 0.15) is 45.4 Å². The molecule has 0 spiro atoms. The van der Waals surface area contributed by atoms with Gasteiger partial charge in [-0.2, -0.15) is 11.8 Å². The smallest absolute Gasteiger partial charge is 0.326 e.